The van der Waals surface area contributed by atoms with Gasteiger partial charge in [0.05, 0.1) is 11.0 Å². The van der Waals surface area contributed by atoms with Crippen molar-refractivity contribution in [2.45, 2.75) is 84.7 Å². The zero-order chi connectivity index (χ0) is 26.4. The van der Waals surface area contributed by atoms with E-state index in [1.54, 1.807) is 39.8 Å². The van der Waals surface area contributed by atoms with E-state index in [0.717, 1.165) is 0 Å². The highest BCUT2D eigenvalue weighted by Crippen LogP contribution is 2.66. The van der Waals surface area contributed by atoms with Gasteiger partial charge in [-0.2, -0.15) is 0 Å². The first-order valence-electron chi connectivity index (χ1n) is 12.0. The Labute approximate surface area is 208 Å². The monoisotopic (exact) mass is 498 g/mol. The topological polar surface area (TPSA) is 118 Å². The summed E-state index contributed by atoms with van der Waals surface area (Å²) in [5.41, 5.74) is -3.72. The Bertz CT molecular complexity index is 1380. The van der Waals surface area contributed by atoms with Crippen molar-refractivity contribution in [1.82, 2.24) is 0 Å². The minimum Gasteiger partial charge on any atom is -0.483 e. The van der Waals surface area contributed by atoms with E-state index in [4.69, 9.17) is 23.4 Å². The lowest BCUT2D eigenvalue weighted by Gasteiger charge is -2.44. The quantitative estimate of drug-likeness (QED) is 0.352. The maximum Gasteiger partial charge on any atom is 0.351 e. The minimum absolute atomic E-state index is 0.180. The first kappa shape index (κ1) is 24.3. The van der Waals surface area contributed by atoms with Crippen LogP contribution in [0.4, 0.5) is 0 Å². The summed E-state index contributed by atoms with van der Waals surface area (Å²) in [5, 5.41) is 0.624. The summed E-state index contributed by atoms with van der Waals surface area (Å²) >= 11 is 0. The van der Waals surface area contributed by atoms with E-state index in [9.17, 15) is 19.2 Å². The van der Waals surface area contributed by atoms with Crippen molar-refractivity contribution in [1.29, 1.82) is 0 Å². The molecule has 2 aliphatic heterocycles. The summed E-state index contributed by atoms with van der Waals surface area (Å²) in [5.74, 6) is -1.44. The predicted octanol–water partition coefficient (Wildman–Crippen LogP) is 3.91. The van der Waals surface area contributed by atoms with Crippen LogP contribution in [0.1, 0.15) is 71.6 Å². The minimum atomic E-state index is -1.50. The first-order chi connectivity index (χ1) is 16.6. The molecule has 0 amide bonds. The van der Waals surface area contributed by atoms with Crippen molar-refractivity contribution in [3.63, 3.8) is 0 Å². The van der Waals surface area contributed by atoms with Crippen LogP contribution in [0, 0.1) is 17.8 Å². The van der Waals surface area contributed by atoms with Gasteiger partial charge in [0.1, 0.15) is 16.9 Å². The highest BCUT2D eigenvalue weighted by atomic mass is 16.6. The molecule has 2 unspecified atom stereocenters. The standard InChI is InChI=1S/C27H30O9/c1-13-12-17(29)33-19-15(13)8-9-16-18(19)20(21(32-14(2)28)24(3,4)35-16)34-23(31)27-11-10-26(7,22(30)36-27)25(27,5)6/h8-9,12,20-21H,10-11H2,1-7H3/t20-,21-,26?,27?/m1/s1. The number of esters is 3. The molecule has 3 heterocycles. The average Bonchev–Trinajstić information content (AvgIpc) is 3.05. The van der Waals surface area contributed by atoms with E-state index in [1.165, 1.54) is 13.0 Å². The number of carbonyl (C=O) groups excluding carboxylic acids is 3. The highest BCUT2D eigenvalue weighted by molar-refractivity contribution is 5.94. The van der Waals surface area contributed by atoms with E-state index in [2.05, 4.69) is 0 Å². The number of fused-ring (bicyclic) bond motifs is 5. The number of hydrogen-bond donors (Lipinski definition) is 0. The largest absolute Gasteiger partial charge is 0.483 e. The van der Waals surface area contributed by atoms with E-state index >= 15 is 0 Å². The summed E-state index contributed by atoms with van der Waals surface area (Å²) in [6, 6.07) is 4.84. The van der Waals surface area contributed by atoms with Crippen LogP contribution in [0.25, 0.3) is 11.0 Å². The molecular weight excluding hydrogens is 468 g/mol. The van der Waals surface area contributed by atoms with Gasteiger partial charge in [-0.1, -0.05) is 13.8 Å². The number of ether oxygens (including phenoxy) is 4. The zero-order valence-electron chi connectivity index (χ0n) is 21.5. The number of rotatable bonds is 3. The Morgan fingerprint density at radius 1 is 1.00 bits per heavy atom. The van der Waals surface area contributed by atoms with E-state index in [1.807, 2.05) is 13.8 Å². The molecule has 1 saturated heterocycles. The molecule has 4 atom stereocenters. The van der Waals surface area contributed by atoms with Crippen molar-refractivity contribution in [2.75, 3.05) is 0 Å². The summed E-state index contributed by atoms with van der Waals surface area (Å²) in [4.78, 5) is 51.2. The van der Waals surface area contributed by atoms with Crippen molar-refractivity contribution in [3.05, 3.63) is 39.7 Å². The zero-order valence-corrected chi connectivity index (χ0v) is 21.5. The highest BCUT2D eigenvalue weighted by Gasteiger charge is 2.76. The molecule has 2 bridgehead atoms. The van der Waals surface area contributed by atoms with Crippen LogP contribution in [0.2, 0.25) is 0 Å². The molecule has 9 nitrogen and oxygen atoms in total. The number of benzene rings is 1. The van der Waals surface area contributed by atoms with Gasteiger partial charge in [-0.05, 0) is 58.2 Å². The van der Waals surface area contributed by atoms with Crippen LogP contribution >= 0.6 is 0 Å². The first-order valence-corrected chi connectivity index (χ1v) is 12.0. The van der Waals surface area contributed by atoms with Gasteiger partial charge in [0.25, 0.3) is 0 Å². The van der Waals surface area contributed by atoms with E-state index in [-0.39, 0.29) is 11.1 Å². The third-order valence-electron chi connectivity index (χ3n) is 8.68. The van der Waals surface area contributed by atoms with Crippen molar-refractivity contribution in [3.8, 4) is 5.75 Å². The number of carbonyl (C=O) groups is 3. The summed E-state index contributed by atoms with van der Waals surface area (Å²) < 4.78 is 29.3. The molecule has 0 radical (unpaired) electrons. The second-order valence-corrected chi connectivity index (χ2v) is 11.3. The van der Waals surface area contributed by atoms with Crippen LogP contribution in [0.15, 0.2) is 27.4 Å². The normalized spacial score (nSPS) is 31.4. The lowest BCUT2D eigenvalue weighted by molar-refractivity contribution is -0.206. The molecule has 5 rings (SSSR count). The fourth-order valence-corrected chi connectivity index (χ4v) is 6.02. The van der Waals surface area contributed by atoms with Gasteiger partial charge in [0.15, 0.2) is 12.2 Å². The van der Waals surface area contributed by atoms with Gasteiger partial charge >= 0.3 is 23.5 Å². The Kier molecular flexibility index (Phi) is 4.96. The summed E-state index contributed by atoms with van der Waals surface area (Å²) in [6.07, 6.45) is -1.48. The third kappa shape index (κ3) is 3.01. The van der Waals surface area contributed by atoms with Crippen molar-refractivity contribution < 1.29 is 37.7 Å². The van der Waals surface area contributed by atoms with Crippen LogP contribution in [0.3, 0.4) is 0 Å². The molecule has 2 aromatic rings. The molecule has 1 aliphatic carbocycles. The van der Waals surface area contributed by atoms with Crippen LogP contribution in [-0.2, 0) is 28.6 Å². The fourth-order valence-electron chi connectivity index (χ4n) is 6.02. The summed E-state index contributed by atoms with van der Waals surface area (Å²) in [7, 11) is 0. The molecule has 1 aromatic carbocycles. The van der Waals surface area contributed by atoms with Crippen molar-refractivity contribution >= 4 is 28.9 Å². The van der Waals surface area contributed by atoms with E-state index in [0.29, 0.717) is 29.5 Å². The van der Waals surface area contributed by atoms with Gasteiger partial charge in [-0.15, -0.1) is 0 Å². The fraction of sp³-hybridized carbons (Fsp3) is 0.556. The molecule has 9 heteroatoms. The molecule has 1 saturated carbocycles. The van der Waals surface area contributed by atoms with Gasteiger partial charge in [-0.3, -0.25) is 9.59 Å². The van der Waals surface area contributed by atoms with Crippen LogP contribution < -0.4 is 10.4 Å². The second kappa shape index (κ2) is 7.33. The third-order valence-corrected chi connectivity index (χ3v) is 8.68. The Balaban J connectivity index is 1.69. The van der Waals surface area contributed by atoms with Gasteiger partial charge in [-0.25, -0.2) is 9.59 Å². The smallest absolute Gasteiger partial charge is 0.351 e. The molecule has 1 aromatic heterocycles. The molecule has 2 fully saturated rings. The van der Waals surface area contributed by atoms with Gasteiger partial charge in [0.2, 0.25) is 5.60 Å². The van der Waals surface area contributed by atoms with Crippen LogP contribution in [-0.4, -0.2) is 35.2 Å². The molecule has 0 N–H and O–H groups in total. The molecule has 36 heavy (non-hydrogen) atoms. The lowest BCUT2D eigenvalue weighted by atomic mass is 9.66. The van der Waals surface area contributed by atoms with Crippen LogP contribution in [0.5, 0.6) is 5.75 Å². The maximum absolute atomic E-state index is 13.9. The van der Waals surface area contributed by atoms with Gasteiger partial charge < -0.3 is 23.4 Å². The van der Waals surface area contributed by atoms with E-state index < -0.39 is 57.8 Å². The Morgan fingerprint density at radius 3 is 2.28 bits per heavy atom. The average molecular weight is 499 g/mol. The Morgan fingerprint density at radius 2 is 1.69 bits per heavy atom. The SMILES string of the molecule is CC(=O)O[C@@H]1[C@H](OC(=O)C23CCC(C)(C(=O)O2)C3(C)C)c2c(ccc3c(C)cc(=O)oc23)OC1(C)C. The summed E-state index contributed by atoms with van der Waals surface area (Å²) in [6.45, 7) is 11.9. The Hall–Kier alpha value is -3.36. The molecule has 192 valence electrons. The predicted molar refractivity (Wildman–Crippen MR) is 126 cm³/mol. The number of hydrogen-bond acceptors (Lipinski definition) is 9. The van der Waals surface area contributed by atoms with Gasteiger partial charge in [0, 0.05) is 23.8 Å². The molecular formula is C27H30O9. The second-order valence-electron chi connectivity index (χ2n) is 11.3. The molecule has 3 aliphatic rings. The lowest BCUT2D eigenvalue weighted by Crippen LogP contribution is -2.54. The number of aryl methyl sites for hydroxylation is 1. The maximum atomic E-state index is 13.9. The molecule has 0 spiro atoms. The van der Waals surface area contributed by atoms with Crippen molar-refractivity contribution in [2.24, 2.45) is 10.8 Å².